The molecule has 0 aromatic heterocycles. The molecule has 0 bridgehead atoms. The van der Waals surface area contributed by atoms with Crippen molar-refractivity contribution in [2.45, 2.75) is 12.8 Å². The van der Waals surface area contributed by atoms with Crippen molar-refractivity contribution >= 4 is 0 Å². The first-order valence-corrected chi connectivity index (χ1v) is 3.58. The zero-order valence-electron chi connectivity index (χ0n) is 5.98. The van der Waals surface area contributed by atoms with Crippen LogP contribution in [0.25, 0.3) is 0 Å². The van der Waals surface area contributed by atoms with Gasteiger partial charge in [-0.25, -0.2) is 0 Å². The first kappa shape index (κ1) is 7.95. The minimum Gasteiger partial charge on any atom is -0.396 e. The molecule has 1 saturated heterocycles. The van der Waals surface area contributed by atoms with E-state index in [2.05, 4.69) is 0 Å². The van der Waals surface area contributed by atoms with E-state index in [1.165, 1.54) is 0 Å². The van der Waals surface area contributed by atoms with Crippen molar-refractivity contribution in [2.24, 2.45) is 5.41 Å². The van der Waals surface area contributed by atoms with Crippen LogP contribution in [0.2, 0.25) is 0 Å². The van der Waals surface area contributed by atoms with Gasteiger partial charge in [-0.3, -0.25) is 4.39 Å². The summed E-state index contributed by atoms with van der Waals surface area (Å²) in [6.07, 6.45) is 1.31. The van der Waals surface area contributed by atoms with Crippen molar-refractivity contribution in [1.82, 2.24) is 0 Å². The topological polar surface area (TPSA) is 29.5 Å². The molecular weight excluding hydrogens is 135 g/mol. The standard InChI is InChI=1S/C7H13FO2/c8-5-7(6-9)1-3-10-4-2-7/h9H,1-6H2. The first-order valence-electron chi connectivity index (χ1n) is 3.58. The first-order chi connectivity index (χ1) is 4.83. The van der Waals surface area contributed by atoms with Crippen LogP contribution in [0.5, 0.6) is 0 Å². The van der Waals surface area contributed by atoms with E-state index in [1.54, 1.807) is 0 Å². The van der Waals surface area contributed by atoms with Gasteiger partial charge in [0.25, 0.3) is 0 Å². The lowest BCUT2D eigenvalue weighted by atomic mass is 9.83. The molecule has 60 valence electrons. The number of hydrogen-bond donors (Lipinski definition) is 1. The molecule has 1 heterocycles. The van der Waals surface area contributed by atoms with Crippen molar-refractivity contribution in [3.8, 4) is 0 Å². The van der Waals surface area contributed by atoms with Crippen LogP contribution in [0.1, 0.15) is 12.8 Å². The zero-order chi connectivity index (χ0) is 7.45. The third-order valence-corrected chi connectivity index (χ3v) is 2.17. The highest BCUT2D eigenvalue weighted by atomic mass is 19.1. The SMILES string of the molecule is OCC1(CF)CCOCC1. The second-order valence-corrected chi connectivity index (χ2v) is 2.90. The number of rotatable bonds is 2. The summed E-state index contributed by atoms with van der Waals surface area (Å²) in [5, 5.41) is 8.85. The Morgan fingerprint density at radius 1 is 1.40 bits per heavy atom. The zero-order valence-corrected chi connectivity index (χ0v) is 5.98. The van der Waals surface area contributed by atoms with Crippen LogP contribution >= 0.6 is 0 Å². The fraction of sp³-hybridized carbons (Fsp3) is 1.00. The Morgan fingerprint density at radius 2 is 2.00 bits per heavy atom. The fourth-order valence-electron chi connectivity index (χ4n) is 1.14. The Balaban J connectivity index is 2.44. The molecule has 1 N–H and O–H groups in total. The minimum atomic E-state index is -0.474. The second kappa shape index (κ2) is 3.30. The van der Waals surface area contributed by atoms with Crippen LogP contribution in [-0.4, -0.2) is 31.6 Å². The summed E-state index contributed by atoms with van der Waals surface area (Å²) in [6, 6.07) is 0. The monoisotopic (exact) mass is 148 g/mol. The molecule has 1 aliphatic heterocycles. The van der Waals surface area contributed by atoms with E-state index in [0.717, 1.165) is 0 Å². The third kappa shape index (κ3) is 1.47. The molecule has 1 fully saturated rings. The Labute approximate surface area is 60.0 Å². The van der Waals surface area contributed by atoms with Crippen molar-refractivity contribution in [3.05, 3.63) is 0 Å². The lowest BCUT2D eigenvalue weighted by Gasteiger charge is -2.32. The number of aliphatic hydroxyl groups is 1. The molecule has 1 aliphatic rings. The highest BCUT2D eigenvalue weighted by Crippen LogP contribution is 2.29. The van der Waals surface area contributed by atoms with Gasteiger partial charge in [0.15, 0.2) is 0 Å². The minimum absolute atomic E-state index is 0.0488. The van der Waals surface area contributed by atoms with E-state index in [1.807, 2.05) is 0 Å². The molecule has 0 aromatic carbocycles. The van der Waals surface area contributed by atoms with Gasteiger partial charge in [-0.15, -0.1) is 0 Å². The summed E-state index contributed by atoms with van der Waals surface area (Å²) in [6.45, 7) is 0.703. The van der Waals surface area contributed by atoms with Gasteiger partial charge in [0.2, 0.25) is 0 Å². The summed E-state index contributed by atoms with van der Waals surface area (Å²) >= 11 is 0. The lowest BCUT2D eigenvalue weighted by Crippen LogP contribution is -2.34. The largest absolute Gasteiger partial charge is 0.396 e. The van der Waals surface area contributed by atoms with Crippen molar-refractivity contribution in [1.29, 1.82) is 0 Å². The van der Waals surface area contributed by atoms with Crippen LogP contribution in [0.3, 0.4) is 0 Å². The Kier molecular flexibility index (Phi) is 2.63. The Morgan fingerprint density at radius 3 is 2.30 bits per heavy atom. The molecule has 0 saturated carbocycles. The number of alkyl halides is 1. The average molecular weight is 148 g/mol. The molecule has 0 radical (unpaired) electrons. The summed E-state index contributed by atoms with van der Waals surface area (Å²) in [7, 11) is 0. The summed E-state index contributed by atoms with van der Waals surface area (Å²) in [5.74, 6) is 0. The highest BCUT2D eigenvalue weighted by molar-refractivity contribution is 4.80. The van der Waals surface area contributed by atoms with E-state index < -0.39 is 12.1 Å². The van der Waals surface area contributed by atoms with Crippen LogP contribution in [-0.2, 0) is 4.74 Å². The summed E-state index contributed by atoms with van der Waals surface area (Å²) in [4.78, 5) is 0. The van der Waals surface area contributed by atoms with Crippen molar-refractivity contribution in [3.63, 3.8) is 0 Å². The van der Waals surface area contributed by atoms with Crippen LogP contribution in [0.15, 0.2) is 0 Å². The van der Waals surface area contributed by atoms with Crippen LogP contribution in [0, 0.1) is 5.41 Å². The molecular formula is C7H13FO2. The predicted molar refractivity (Wildman–Crippen MR) is 35.5 cm³/mol. The Hall–Kier alpha value is -0.150. The number of aliphatic hydroxyl groups excluding tert-OH is 1. The maximum atomic E-state index is 12.3. The van der Waals surface area contributed by atoms with Gasteiger partial charge in [-0.05, 0) is 12.8 Å². The maximum Gasteiger partial charge on any atom is 0.0974 e. The Bertz CT molecular complexity index is 93.8. The van der Waals surface area contributed by atoms with Crippen LogP contribution in [0.4, 0.5) is 4.39 Å². The fourth-order valence-corrected chi connectivity index (χ4v) is 1.14. The van der Waals surface area contributed by atoms with Gasteiger partial charge in [0, 0.05) is 18.6 Å². The predicted octanol–water partition coefficient (Wildman–Crippen LogP) is 0.745. The van der Waals surface area contributed by atoms with Gasteiger partial charge >= 0.3 is 0 Å². The van der Waals surface area contributed by atoms with E-state index >= 15 is 0 Å². The molecule has 0 aliphatic carbocycles. The third-order valence-electron chi connectivity index (χ3n) is 2.17. The van der Waals surface area contributed by atoms with Crippen LogP contribution < -0.4 is 0 Å². The van der Waals surface area contributed by atoms with E-state index in [9.17, 15) is 4.39 Å². The number of hydrogen-bond acceptors (Lipinski definition) is 2. The summed E-state index contributed by atoms with van der Waals surface area (Å²) < 4.78 is 17.4. The van der Waals surface area contributed by atoms with Gasteiger partial charge in [-0.1, -0.05) is 0 Å². The van der Waals surface area contributed by atoms with Gasteiger partial charge in [0.1, 0.15) is 0 Å². The molecule has 1 rings (SSSR count). The van der Waals surface area contributed by atoms with E-state index in [-0.39, 0.29) is 6.61 Å². The molecule has 3 heteroatoms. The van der Waals surface area contributed by atoms with Gasteiger partial charge in [0.05, 0.1) is 13.3 Å². The maximum absolute atomic E-state index is 12.3. The molecule has 0 atom stereocenters. The van der Waals surface area contributed by atoms with E-state index in [0.29, 0.717) is 26.1 Å². The molecule has 0 amide bonds. The van der Waals surface area contributed by atoms with E-state index in [4.69, 9.17) is 9.84 Å². The highest BCUT2D eigenvalue weighted by Gasteiger charge is 2.31. The molecule has 0 unspecified atom stereocenters. The molecule has 10 heavy (non-hydrogen) atoms. The quantitative estimate of drug-likeness (QED) is 0.626. The molecule has 2 nitrogen and oxygen atoms in total. The normalized spacial score (nSPS) is 24.6. The van der Waals surface area contributed by atoms with Crippen molar-refractivity contribution in [2.75, 3.05) is 26.5 Å². The summed E-state index contributed by atoms with van der Waals surface area (Å²) in [5.41, 5.74) is -0.474. The van der Waals surface area contributed by atoms with Crippen molar-refractivity contribution < 1.29 is 14.2 Å². The smallest absolute Gasteiger partial charge is 0.0974 e. The van der Waals surface area contributed by atoms with Gasteiger partial charge < -0.3 is 9.84 Å². The number of ether oxygens (including phenoxy) is 1. The average Bonchev–Trinajstić information content (AvgIpc) is 2.06. The molecule has 0 aromatic rings. The lowest BCUT2D eigenvalue weighted by molar-refractivity contribution is -0.0284. The second-order valence-electron chi connectivity index (χ2n) is 2.90. The molecule has 0 spiro atoms. The van der Waals surface area contributed by atoms with Gasteiger partial charge in [-0.2, -0.15) is 0 Å². The number of halogens is 1.